The van der Waals surface area contributed by atoms with Gasteiger partial charge < -0.3 is 10.1 Å². The van der Waals surface area contributed by atoms with E-state index in [1.165, 1.54) is 19.3 Å². The van der Waals surface area contributed by atoms with Crippen molar-refractivity contribution < 1.29 is 4.74 Å². The zero-order valence-electron chi connectivity index (χ0n) is 11.5. The van der Waals surface area contributed by atoms with Crippen LogP contribution in [0.25, 0.3) is 0 Å². The number of rotatable bonds is 4. The van der Waals surface area contributed by atoms with Gasteiger partial charge in [-0.1, -0.05) is 24.6 Å². The maximum absolute atomic E-state index is 5.81. The number of nitrogens with one attached hydrogen (secondary N) is 1. The fourth-order valence-corrected chi connectivity index (χ4v) is 2.46. The molecule has 1 N–H and O–H groups in total. The summed E-state index contributed by atoms with van der Waals surface area (Å²) in [5.41, 5.74) is 1.89. The number of hydrogen-bond donors (Lipinski definition) is 1. The second-order valence-electron chi connectivity index (χ2n) is 5.12. The first-order valence-electron chi connectivity index (χ1n) is 7.21. The Morgan fingerprint density at radius 3 is 2.30 bits per heavy atom. The molecule has 0 spiro atoms. The highest BCUT2D eigenvalue weighted by Crippen LogP contribution is 2.22. The number of hydrogen-bond acceptors (Lipinski definition) is 4. The SMILES string of the molecule is c1ccc(Nc2cnc(OC3CCCCC3)nc2)cc1. The van der Waals surface area contributed by atoms with Crippen LogP contribution >= 0.6 is 0 Å². The zero-order chi connectivity index (χ0) is 13.6. The summed E-state index contributed by atoms with van der Waals surface area (Å²) in [4.78, 5) is 8.55. The van der Waals surface area contributed by atoms with Gasteiger partial charge in [-0.2, -0.15) is 0 Å². The van der Waals surface area contributed by atoms with Gasteiger partial charge in [0.25, 0.3) is 0 Å². The topological polar surface area (TPSA) is 47.0 Å². The molecule has 4 nitrogen and oxygen atoms in total. The van der Waals surface area contributed by atoms with E-state index in [1.54, 1.807) is 12.4 Å². The Hall–Kier alpha value is -2.10. The van der Waals surface area contributed by atoms with E-state index in [0.29, 0.717) is 6.01 Å². The highest BCUT2D eigenvalue weighted by atomic mass is 16.5. The van der Waals surface area contributed by atoms with E-state index < -0.39 is 0 Å². The number of anilines is 2. The van der Waals surface area contributed by atoms with E-state index >= 15 is 0 Å². The van der Waals surface area contributed by atoms with Gasteiger partial charge >= 0.3 is 6.01 Å². The maximum Gasteiger partial charge on any atom is 0.316 e. The first-order chi connectivity index (χ1) is 9.90. The van der Waals surface area contributed by atoms with Crippen LogP contribution in [0.15, 0.2) is 42.7 Å². The lowest BCUT2D eigenvalue weighted by Gasteiger charge is -2.21. The summed E-state index contributed by atoms with van der Waals surface area (Å²) in [7, 11) is 0. The van der Waals surface area contributed by atoms with Crippen molar-refractivity contribution in [2.24, 2.45) is 0 Å². The molecule has 1 aliphatic rings. The molecular formula is C16H19N3O. The summed E-state index contributed by atoms with van der Waals surface area (Å²) in [6, 6.07) is 10.5. The van der Waals surface area contributed by atoms with Crippen LogP contribution in [0.5, 0.6) is 6.01 Å². The lowest BCUT2D eigenvalue weighted by Crippen LogP contribution is -2.20. The molecule has 0 atom stereocenters. The van der Waals surface area contributed by atoms with Crippen LogP contribution in [0.1, 0.15) is 32.1 Å². The van der Waals surface area contributed by atoms with Crippen molar-refractivity contribution in [3.05, 3.63) is 42.7 Å². The summed E-state index contributed by atoms with van der Waals surface area (Å²) in [6.45, 7) is 0. The van der Waals surface area contributed by atoms with Gasteiger partial charge in [-0.3, -0.25) is 0 Å². The van der Waals surface area contributed by atoms with Gasteiger partial charge in [0, 0.05) is 5.69 Å². The predicted molar refractivity (Wildman–Crippen MR) is 79.3 cm³/mol. The Kier molecular flexibility index (Phi) is 4.11. The fourth-order valence-electron chi connectivity index (χ4n) is 2.46. The summed E-state index contributed by atoms with van der Waals surface area (Å²) in [5.74, 6) is 0. The van der Waals surface area contributed by atoms with Crippen LogP contribution < -0.4 is 10.1 Å². The normalized spacial score (nSPS) is 15.8. The van der Waals surface area contributed by atoms with Gasteiger partial charge in [-0.15, -0.1) is 0 Å². The molecular weight excluding hydrogens is 250 g/mol. The Labute approximate surface area is 119 Å². The molecule has 1 aliphatic carbocycles. The standard InChI is InChI=1S/C16H19N3O/c1-3-7-13(8-4-1)19-14-11-17-16(18-12-14)20-15-9-5-2-6-10-15/h1,3-4,7-8,11-12,15,19H,2,5-6,9-10H2. The molecule has 2 aromatic rings. The Morgan fingerprint density at radius 1 is 0.900 bits per heavy atom. The molecule has 104 valence electrons. The molecule has 1 heterocycles. The number of para-hydroxylation sites is 1. The molecule has 0 radical (unpaired) electrons. The van der Waals surface area contributed by atoms with Gasteiger partial charge in [0.05, 0.1) is 18.1 Å². The minimum absolute atomic E-state index is 0.289. The summed E-state index contributed by atoms with van der Waals surface area (Å²) >= 11 is 0. The quantitative estimate of drug-likeness (QED) is 0.913. The van der Waals surface area contributed by atoms with Crippen molar-refractivity contribution in [3.8, 4) is 6.01 Å². The molecule has 1 saturated carbocycles. The molecule has 1 fully saturated rings. The molecule has 1 aromatic heterocycles. The van der Waals surface area contributed by atoms with Crippen molar-refractivity contribution in [3.63, 3.8) is 0 Å². The van der Waals surface area contributed by atoms with Gasteiger partial charge in [0.1, 0.15) is 6.10 Å². The lowest BCUT2D eigenvalue weighted by atomic mass is 9.98. The third-order valence-corrected chi connectivity index (χ3v) is 3.51. The van der Waals surface area contributed by atoms with Crippen LogP contribution in [-0.4, -0.2) is 16.1 Å². The minimum Gasteiger partial charge on any atom is -0.460 e. The fraction of sp³-hybridized carbons (Fsp3) is 0.375. The van der Waals surface area contributed by atoms with E-state index in [1.807, 2.05) is 30.3 Å². The van der Waals surface area contributed by atoms with Crippen LogP contribution in [0, 0.1) is 0 Å². The van der Waals surface area contributed by atoms with Gasteiger partial charge in [0.2, 0.25) is 0 Å². The number of ether oxygens (including phenoxy) is 1. The van der Waals surface area contributed by atoms with Crippen LogP contribution in [-0.2, 0) is 0 Å². The van der Waals surface area contributed by atoms with Crippen LogP contribution in [0.3, 0.4) is 0 Å². The van der Waals surface area contributed by atoms with Crippen molar-refractivity contribution in [1.82, 2.24) is 9.97 Å². The maximum atomic E-state index is 5.81. The highest BCUT2D eigenvalue weighted by molar-refractivity contribution is 5.57. The lowest BCUT2D eigenvalue weighted by molar-refractivity contribution is 0.142. The van der Waals surface area contributed by atoms with E-state index in [4.69, 9.17) is 4.74 Å². The molecule has 0 bridgehead atoms. The number of aromatic nitrogens is 2. The number of nitrogens with zero attached hydrogens (tertiary/aromatic N) is 2. The summed E-state index contributed by atoms with van der Waals surface area (Å²) in [6.07, 6.45) is 9.87. The van der Waals surface area contributed by atoms with Crippen molar-refractivity contribution >= 4 is 11.4 Å². The Balaban J connectivity index is 1.59. The van der Waals surface area contributed by atoms with Gasteiger partial charge in [-0.25, -0.2) is 9.97 Å². The van der Waals surface area contributed by atoms with Gasteiger partial charge in [0.15, 0.2) is 0 Å². The first-order valence-corrected chi connectivity index (χ1v) is 7.21. The van der Waals surface area contributed by atoms with Crippen molar-refractivity contribution in [2.45, 2.75) is 38.2 Å². The first kappa shape index (κ1) is 12.9. The van der Waals surface area contributed by atoms with Crippen molar-refractivity contribution in [1.29, 1.82) is 0 Å². The van der Waals surface area contributed by atoms with Crippen molar-refractivity contribution in [2.75, 3.05) is 5.32 Å². The zero-order valence-corrected chi connectivity index (χ0v) is 11.5. The minimum atomic E-state index is 0.289. The Bertz CT molecular complexity index is 521. The third kappa shape index (κ3) is 3.47. The molecule has 1 aromatic carbocycles. The molecule has 20 heavy (non-hydrogen) atoms. The molecule has 4 heteroatoms. The predicted octanol–water partition coefficient (Wildman–Crippen LogP) is 3.93. The smallest absolute Gasteiger partial charge is 0.316 e. The molecule has 3 rings (SSSR count). The largest absolute Gasteiger partial charge is 0.460 e. The average Bonchev–Trinajstić information content (AvgIpc) is 2.51. The van der Waals surface area contributed by atoms with Gasteiger partial charge in [-0.05, 0) is 37.8 Å². The third-order valence-electron chi connectivity index (χ3n) is 3.51. The van der Waals surface area contributed by atoms with E-state index in [-0.39, 0.29) is 6.10 Å². The monoisotopic (exact) mass is 269 g/mol. The summed E-state index contributed by atoms with van der Waals surface area (Å²) < 4.78 is 5.81. The second-order valence-corrected chi connectivity index (χ2v) is 5.12. The highest BCUT2D eigenvalue weighted by Gasteiger charge is 2.15. The molecule has 0 saturated heterocycles. The average molecular weight is 269 g/mol. The van der Waals surface area contributed by atoms with E-state index in [2.05, 4.69) is 15.3 Å². The van der Waals surface area contributed by atoms with E-state index in [0.717, 1.165) is 24.2 Å². The van der Waals surface area contributed by atoms with Crippen LogP contribution in [0.4, 0.5) is 11.4 Å². The number of benzene rings is 1. The second kappa shape index (κ2) is 6.37. The summed E-state index contributed by atoms with van der Waals surface area (Å²) in [5, 5.41) is 3.25. The van der Waals surface area contributed by atoms with Crippen LogP contribution in [0.2, 0.25) is 0 Å². The Morgan fingerprint density at radius 2 is 1.60 bits per heavy atom. The molecule has 0 amide bonds. The molecule has 0 unspecified atom stereocenters. The molecule has 0 aliphatic heterocycles. The van der Waals surface area contributed by atoms with E-state index in [9.17, 15) is 0 Å².